The summed E-state index contributed by atoms with van der Waals surface area (Å²) in [6.07, 6.45) is 1.85. The largest absolute Gasteiger partial charge is 0.300 e. The van der Waals surface area contributed by atoms with E-state index in [0.29, 0.717) is 0 Å². The molecule has 0 aliphatic rings. The number of rotatable bonds is 3. The Kier molecular flexibility index (Phi) is 5.56. The van der Waals surface area contributed by atoms with Crippen LogP contribution in [0.15, 0.2) is 17.0 Å². The lowest BCUT2D eigenvalue weighted by molar-refractivity contribution is 1.46. The van der Waals surface area contributed by atoms with Crippen LogP contribution in [-0.4, -0.2) is 19.0 Å². The van der Waals surface area contributed by atoms with Crippen LogP contribution in [0.1, 0.15) is 0 Å². The summed E-state index contributed by atoms with van der Waals surface area (Å²) in [7, 11) is 1.77. The Labute approximate surface area is 48.5 Å². The molecule has 0 aromatic carbocycles. The van der Waals surface area contributed by atoms with Gasteiger partial charge in [0.05, 0.1) is 0 Å². The molecule has 0 N–H and O–H groups in total. The molecule has 2 heteroatoms. The van der Waals surface area contributed by atoms with E-state index < -0.39 is 0 Å². The second-order valence-corrected chi connectivity index (χ2v) is 1.94. The highest BCUT2D eigenvalue weighted by molar-refractivity contribution is 8.02. The molecule has 40 valence electrons. The lowest BCUT2D eigenvalue weighted by atomic mass is 10.9. The smallest absolute Gasteiger partial charge is 0.0325 e. The number of hydrogen-bond acceptors (Lipinski definition) is 2. The minimum Gasteiger partial charge on any atom is -0.300 e. The van der Waals surface area contributed by atoms with Crippen molar-refractivity contribution in [2.24, 2.45) is 4.99 Å². The molecule has 0 atom stereocenters. The van der Waals surface area contributed by atoms with E-state index in [4.69, 9.17) is 0 Å². The summed E-state index contributed by atoms with van der Waals surface area (Å²) in [6, 6.07) is 0. The second kappa shape index (κ2) is 5.76. The van der Waals surface area contributed by atoms with Gasteiger partial charge in [0.2, 0.25) is 0 Å². The zero-order chi connectivity index (χ0) is 5.54. The minimum absolute atomic E-state index is 0.944. The van der Waals surface area contributed by atoms with Crippen LogP contribution in [0.3, 0.4) is 0 Å². The van der Waals surface area contributed by atoms with Gasteiger partial charge in [0, 0.05) is 19.0 Å². The van der Waals surface area contributed by atoms with Crippen molar-refractivity contribution in [1.29, 1.82) is 0 Å². The van der Waals surface area contributed by atoms with Crippen molar-refractivity contribution < 1.29 is 0 Å². The summed E-state index contributed by atoms with van der Waals surface area (Å²) >= 11 is 1.65. The van der Waals surface area contributed by atoms with Crippen molar-refractivity contribution >= 4 is 18.0 Å². The zero-order valence-corrected chi connectivity index (χ0v) is 5.24. The monoisotopic (exact) mass is 115 g/mol. The number of aliphatic imine (C=N–C) groups is 1. The van der Waals surface area contributed by atoms with E-state index in [9.17, 15) is 0 Å². The normalized spacial score (nSPS) is 9.86. The predicted molar refractivity (Wildman–Crippen MR) is 37.1 cm³/mol. The molecule has 0 unspecified atom stereocenters. The summed E-state index contributed by atoms with van der Waals surface area (Å²) in [5, 5.41) is 1.81. The first-order valence-corrected chi connectivity index (χ1v) is 3.10. The van der Waals surface area contributed by atoms with Gasteiger partial charge in [-0.3, -0.25) is 4.99 Å². The molecule has 0 aliphatic heterocycles. The summed E-state index contributed by atoms with van der Waals surface area (Å²) in [4.78, 5) is 3.78. The number of nitrogens with zero attached hydrogens (tertiary/aromatic N) is 1. The van der Waals surface area contributed by atoms with E-state index in [1.807, 2.05) is 11.6 Å². The summed E-state index contributed by atoms with van der Waals surface area (Å²) in [5.41, 5.74) is 0. The van der Waals surface area contributed by atoms with Gasteiger partial charge < -0.3 is 0 Å². The lowest BCUT2D eigenvalue weighted by Crippen LogP contribution is -1.73. The van der Waals surface area contributed by atoms with Crippen LogP contribution in [-0.2, 0) is 0 Å². The first-order valence-electron chi connectivity index (χ1n) is 2.05. The molecule has 0 rings (SSSR count). The maximum atomic E-state index is 3.78. The predicted octanol–water partition coefficient (Wildman–Crippen LogP) is 1.56. The van der Waals surface area contributed by atoms with Gasteiger partial charge in [0.25, 0.3) is 0 Å². The molecule has 0 heterocycles. The third-order valence-electron chi connectivity index (χ3n) is 0.471. The van der Waals surface area contributed by atoms with Crippen molar-refractivity contribution in [1.82, 2.24) is 0 Å². The van der Waals surface area contributed by atoms with Gasteiger partial charge >= 0.3 is 0 Å². The molecule has 1 nitrogen and oxygen atoms in total. The van der Waals surface area contributed by atoms with Gasteiger partial charge in [-0.15, -0.1) is 11.8 Å². The van der Waals surface area contributed by atoms with Crippen molar-refractivity contribution in [3.63, 3.8) is 0 Å². The maximum Gasteiger partial charge on any atom is 0.0325 e. The van der Waals surface area contributed by atoms with Gasteiger partial charge in [0.1, 0.15) is 0 Å². The van der Waals surface area contributed by atoms with E-state index >= 15 is 0 Å². The van der Waals surface area contributed by atoms with Crippen molar-refractivity contribution in [3.8, 4) is 0 Å². The molecular formula is C5H9NS. The van der Waals surface area contributed by atoms with Gasteiger partial charge in [-0.05, 0) is 5.41 Å². The Morgan fingerprint density at radius 3 is 3.00 bits per heavy atom. The second-order valence-electron chi connectivity index (χ2n) is 0.941. The molecule has 0 amide bonds. The fraction of sp³-hybridized carbons (Fsp3) is 0.400. The van der Waals surface area contributed by atoms with E-state index in [1.54, 1.807) is 18.8 Å². The van der Waals surface area contributed by atoms with Gasteiger partial charge in [-0.1, -0.05) is 6.58 Å². The Balaban J connectivity index is 2.82. The van der Waals surface area contributed by atoms with E-state index in [2.05, 4.69) is 11.6 Å². The third kappa shape index (κ3) is 5.76. The molecule has 0 aliphatic carbocycles. The molecule has 0 aromatic rings. The summed E-state index contributed by atoms with van der Waals surface area (Å²) in [6.45, 7) is 3.53. The fourth-order valence-electron chi connectivity index (χ4n) is 0.186. The molecule has 0 saturated heterocycles. The van der Waals surface area contributed by atoms with Crippen LogP contribution in [0.5, 0.6) is 0 Å². The average molecular weight is 115 g/mol. The lowest BCUT2D eigenvalue weighted by Gasteiger charge is -1.79. The maximum absolute atomic E-state index is 3.78. The Morgan fingerprint density at radius 1 is 1.86 bits per heavy atom. The third-order valence-corrected chi connectivity index (χ3v) is 1.05. The molecule has 0 aromatic heterocycles. The average Bonchev–Trinajstić information content (AvgIpc) is 1.69. The van der Waals surface area contributed by atoms with Crippen molar-refractivity contribution in [3.05, 3.63) is 12.0 Å². The highest BCUT2D eigenvalue weighted by Crippen LogP contribution is 1.94. The number of thioether (sulfide) groups is 1. The van der Waals surface area contributed by atoms with Gasteiger partial charge in [-0.25, -0.2) is 0 Å². The molecule has 0 saturated carbocycles. The quantitative estimate of drug-likeness (QED) is 0.401. The highest BCUT2D eigenvalue weighted by Gasteiger charge is 1.69. The summed E-state index contributed by atoms with van der Waals surface area (Å²) < 4.78 is 0. The fourth-order valence-corrected chi connectivity index (χ4v) is 0.557. The Hall–Kier alpha value is -0.240. The van der Waals surface area contributed by atoms with Crippen LogP contribution in [0.25, 0.3) is 0 Å². The van der Waals surface area contributed by atoms with E-state index in [1.165, 1.54) is 0 Å². The molecule has 0 bridgehead atoms. The molecule has 0 fully saturated rings. The van der Waals surface area contributed by atoms with Crippen molar-refractivity contribution in [2.75, 3.05) is 12.8 Å². The molecule has 0 spiro atoms. The van der Waals surface area contributed by atoms with Gasteiger partial charge in [-0.2, -0.15) is 0 Å². The van der Waals surface area contributed by atoms with E-state index in [0.717, 1.165) is 5.75 Å². The highest BCUT2D eigenvalue weighted by atomic mass is 32.2. The van der Waals surface area contributed by atoms with Crippen LogP contribution < -0.4 is 0 Å². The molecule has 7 heavy (non-hydrogen) atoms. The first kappa shape index (κ1) is 6.76. The topological polar surface area (TPSA) is 12.4 Å². The van der Waals surface area contributed by atoms with Gasteiger partial charge in [0.15, 0.2) is 0 Å². The van der Waals surface area contributed by atoms with E-state index in [-0.39, 0.29) is 0 Å². The Bertz CT molecular complexity index is 68.5. The standard InChI is InChI=1S/C5H9NS/c1-3-7-5-4-6-2/h3-4H,1,5H2,2H3/b6-4-. The molecular weight excluding hydrogens is 106 g/mol. The number of hydrogen-bond donors (Lipinski definition) is 0. The zero-order valence-electron chi connectivity index (χ0n) is 4.42. The first-order chi connectivity index (χ1) is 3.41. The van der Waals surface area contributed by atoms with Crippen LogP contribution in [0, 0.1) is 0 Å². The van der Waals surface area contributed by atoms with Crippen LogP contribution in [0.2, 0.25) is 0 Å². The summed E-state index contributed by atoms with van der Waals surface area (Å²) in [5.74, 6) is 0.944. The van der Waals surface area contributed by atoms with Crippen molar-refractivity contribution in [2.45, 2.75) is 0 Å². The van der Waals surface area contributed by atoms with Crippen LogP contribution >= 0.6 is 11.8 Å². The van der Waals surface area contributed by atoms with Crippen LogP contribution in [0.4, 0.5) is 0 Å². The Morgan fingerprint density at radius 2 is 2.57 bits per heavy atom. The SMILES string of the molecule is C=CSC/C=N\C. The molecule has 0 radical (unpaired) electrons. The minimum atomic E-state index is 0.944.